The quantitative estimate of drug-likeness (QED) is 0.730. The number of rotatable bonds is 5. The molecule has 94 valence electrons. The molecule has 0 spiro atoms. The fourth-order valence-electron chi connectivity index (χ4n) is 1.43. The van der Waals surface area contributed by atoms with E-state index in [4.69, 9.17) is 5.11 Å². The van der Waals surface area contributed by atoms with Crippen molar-refractivity contribution in [3.05, 3.63) is 24.4 Å². The van der Waals surface area contributed by atoms with Crippen LogP contribution in [0.15, 0.2) is 24.4 Å². The molecule has 5 heteroatoms. The Hall–Kier alpha value is -1.62. The van der Waals surface area contributed by atoms with Gasteiger partial charge in [-0.2, -0.15) is 0 Å². The van der Waals surface area contributed by atoms with Crippen LogP contribution in [0.1, 0.15) is 26.7 Å². The number of aliphatic hydroxyl groups excluding tert-OH is 1. The first-order valence-corrected chi connectivity index (χ1v) is 5.71. The van der Waals surface area contributed by atoms with Crippen LogP contribution < -0.4 is 10.6 Å². The number of hydrogen-bond acceptors (Lipinski definition) is 3. The highest BCUT2D eigenvalue weighted by atomic mass is 16.3. The summed E-state index contributed by atoms with van der Waals surface area (Å²) in [7, 11) is 0. The Balaban J connectivity index is 2.54. The van der Waals surface area contributed by atoms with Crippen LogP contribution in [0.3, 0.4) is 0 Å². The van der Waals surface area contributed by atoms with Crippen LogP contribution in [0.2, 0.25) is 0 Å². The van der Waals surface area contributed by atoms with E-state index >= 15 is 0 Å². The first-order valence-electron chi connectivity index (χ1n) is 5.71. The summed E-state index contributed by atoms with van der Waals surface area (Å²) in [6.45, 7) is 3.92. The third-order valence-electron chi connectivity index (χ3n) is 2.77. The standard InChI is InChI=1S/C12H19N3O2/c1-3-12(2,7-9-16)15-11(17)14-10-6-4-5-8-13-10/h4-6,8,16H,3,7,9H2,1-2H3,(H2,13,14,15,17). The van der Waals surface area contributed by atoms with Crippen LogP contribution in [-0.4, -0.2) is 28.3 Å². The maximum atomic E-state index is 11.7. The molecule has 0 aliphatic carbocycles. The molecule has 0 bridgehead atoms. The van der Waals surface area contributed by atoms with Gasteiger partial charge in [-0.25, -0.2) is 9.78 Å². The Morgan fingerprint density at radius 2 is 2.29 bits per heavy atom. The molecule has 1 atom stereocenters. The lowest BCUT2D eigenvalue weighted by Crippen LogP contribution is -2.48. The summed E-state index contributed by atoms with van der Waals surface area (Å²) in [6, 6.07) is 5.00. The monoisotopic (exact) mass is 237 g/mol. The van der Waals surface area contributed by atoms with Gasteiger partial charge in [0.25, 0.3) is 0 Å². The van der Waals surface area contributed by atoms with E-state index in [1.54, 1.807) is 24.4 Å². The first kappa shape index (κ1) is 13.4. The van der Waals surface area contributed by atoms with Gasteiger partial charge in [0.05, 0.1) is 0 Å². The van der Waals surface area contributed by atoms with E-state index in [1.807, 2.05) is 13.8 Å². The summed E-state index contributed by atoms with van der Waals surface area (Å²) >= 11 is 0. The molecule has 3 N–H and O–H groups in total. The average Bonchev–Trinajstić information content (AvgIpc) is 2.30. The summed E-state index contributed by atoms with van der Waals surface area (Å²) in [5.74, 6) is 0.507. The van der Waals surface area contributed by atoms with Gasteiger partial charge in [0.15, 0.2) is 0 Å². The topological polar surface area (TPSA) is 74.2 Å². The van der Waals surface area contributed by atoms with Gasteiger partial charge in [0.1, 0.15) is 5.82 Å². The summed E-state index contributed by atoms with van der Waals surface area (Å²) in [6.07, 6.45) is 2.89. The lowest BCUT2D eigenvalue weighted by atomic mass is 9.95. The predicted molar refractivity (Wildman–Crippen MR) is 66.8 cm³/mol. The molecule has 1 aromatic heterocycles. The van der Waals surface area contributed by atoms with Gasteiger partial charge in [-0.05, 0) is 31.9 Å². The molecule has 0 aromatic carbocycles. The highest BCUT2D eigenvalue weighted by Gasteiger charge is 2.23. The van der Waals surface area contributed by atoms with Crippen molar-refractivity contribution in [2.45, 2.75) is 32.2 Å². The smallest absolute Gasteiger partial charge is 0.320 e. The summed E-state index contributed by atoms with van der Waals surface area (Å²) in [4.78, 5) is 15.7. The zero-order valence-corrected chi connectivity index (χ0v) is 10.2. The number of nitrogens with zero attached hydrogens (tertiary/aromatic N) is 1. The Morgan fingerprint density at radius 1 is 1.53 bits per heavy atom. The Labute approximate surface area is 101 Å². The third-order valence-corrected chi connectivity index (χ3v) is 2.77. The maximum absolute atomic E-state index is 11.7. The fourth-order valence-corrected chi connectivity index (χ4v) is 1.43. The minimum absolute atomic E-state index is 0.0498. The van der Waals surface area contributed by atoms with Gasteiger partial charge in [-0.15, -0.1) is 0 Å². The van der Waals surface area contributed by atoms with Crippen LogP contribution in [-0.2, 0) is 0 Å². The Kier molecular flexibility index (Phi) is 4.90. The van der Waals surface area contributed by atoms with Gasteiger partial charge in [-0.3, -0.25) is 5.32 Å². The molecule has 5 nitrogen and oxygen atoms in total. The highest BCUT2D eigenvalue weighted by Crippen LogP contribution is 2.13. The van der Waals surface area contributed by atoms with E-state index in [0.29, 0.717) is 12.2 Å². The van der Waals surface area contributed by atoms with Crippen molar-refractivity contribution in [3.8, 4) is 0 Å². The van der Waals surface area contributed by atoms with Crippen LogP contribution in [0.25, 0.3) is 0 Å². The van der Waals surface area contributed by atoms with Crippen molar-refractivity contribution in [1.29, 1.82) is 0 Å². The number of carbonyl (C=O) groups is 1. The van der Waals surface area contributed by atoms with E-state index in [2.05, 4.69) is 15.6 Å². The lowest BCUT2D eigenvalue weighted by Gasteiger charge is -2.28. The maximum Gasteiger partial charge on any atom is 0.320 e. The number of aliphatic hydroxyl groups is 1. The molecule has 0 radical (unpaired) electrons. The van der Waals surface area contributed by atoms with Crippen LogP contribution in [0.5, 0.6) is 0 Å². The number of anilines is 1. The number of pyridine rings is 1. The summed E-state index contributed by atoms with van der Waals surface area (Å²) < 4.78 is 0. The van der Waals surface area contributed by atoms with E-state index in [9.17, 15) is 4.79 Å². The molecule has 1 aromatic rings. The van der Waals surface area contributed by atoms with Gasteiger partial charge in [0, 0.05) is 18.3 Å². The number of carbonyl (C=O) groups excluding carboxylic acids is 1. The first-order chi connectivity index (χ1) is 8.09. The molecule has 0 saturated carbocycles. The number of amides is 2. The van der Waals surface area contributed by atoms with Crippen molar-refractivity contribution in [3.63, 3.8) is 0 Å². The number of nitrogens with one attached hydrogen (secondary N) is 2. The second-order valence-electron chi connectivity index (χ2n) is 4.18. The molecule has 0 aliphatic rings. The normalized spacial score (nSPS) is 13.8. The fraction of sp³-hybridized carbons (Fsp3) is 0.500. The Bertz CT molecular complexity index is 356. The molecule has 2 amide bonds. The average molecular weight is 237 g/mol. The minimum atomic E-state index is -0.395. The van der Waals surface area contributed by atoms with Gasteiger partial charge < -0.3 is 10.4 Å². The molecule has 0 aliphatic heterocycles. The van der Waals surface area contributed by atoms with Gasteiger partial charge in [-0.1, -0.05) is 13.0 Å². The lowest BCUT2D eigenvalue weighted by molar-refractivity contribution is 0.208. The Morgan fingerprint density at radius 3 is 2.82 bits per heavy atom. The van der Waals surface area contributed by atoms with Crippen molar-refractivity contribution in [2.24, 2.45) is 0 Å². The van der Waals surface area contributed by atoms with Crippen molar-refractivity contribution in [2.75, 3.05) is 11.9 Å². The molecular formula is C12H19N3O2. The molecule has 1 heterocycles. The second-order valence-corrected chi connectivity index (χ2v) is 4.18. The zero-order chi connectivity index (χ0) is 12.7. The minimum Gasteiger partial charge on any atom is -0.396 e. The summed E-state index contributed by atoms with van der Waals surface area (Å²) in [5.41, 5.74) is -0.395. The van der Waals surface area contributed by atoms with Gasteiger partial charge >= 0.3 is 6.03 Å². The van der Waals surface area contributed by atoms with Crippen LogP contribution >= 0.6 is 0 Å². The number of urea groups is 1. The van der Waals surface area contributed by atoms with Crippen LogP contribution in [0.4, 0.5) is 10.6 Å². The van der Waals surface area contributed by atoms with Crippen molar-refractivity contribution < 1.29 is 9.90 Å². The SMILES string of the molecule is CCC(C)(CCO)NC(=O)Nc1ccccn1. The summed E-state index contributed by atoms with van der Waals surface area (Å²) in [5, 5.41) is 14.4. The molecular weight excluding hydrogens is 218 g/mol. The van der Waals surface area contributed by atoms with E-state index in [-0.39, 0.29) is 12.6 Å². The molecule has 17 heavy (non-hydrogen) atoms. The molecule has 1 unspecified atom stereocenters. The number of aromatic nitrogens is 1. The van der Waals surface area contributed by atoms with E-state index < -0.39 is 5.54 Å². The van der Waals surface area contributed by atoms with E-state index in [0.717, 1.165) is 6.42 Å². The number of hydrogen-bond donors (Lipinski definition) is 3. The third kappa shape index (κ3) is 4.40. The molecule has 0 saturated heterocycles. The highest BCUT2D eigenvalue weighted by molar-refractivity contribution is 5.88. The van der Waals surface area contributed by atoms with Crippen LogP contribution in [0, 0.1) is 0 Å². The predicted octanol–water partition coefficient (Wildman–Crippen LogP) is 1.75. The zero-order valence-electron chi connectivity index (χ0n) is 10.2. The molecule has 0 fully saturated rings. The van der Waals surface area contributed by atoms with Crippen molar-refractivity contribution >= 4 is 11.8 Å². The van der Waals surface area contributed by atoms with E-state index in [1.165, 1.54) is 0 Å². The van der Waals surface area contributed by atoms with Crippen molar-refractivity contribution in [1.82, 2.24) is 10.3 Å². The van der Waals surface area contributed by atoms with Gasteiger partial charge in [0.2, 0.25) is 0 Å². The largest absolute Gasteiger partial charge is 0.396 e. The second kappa shape index (κ2) is 6.20. The molecule has 1 rings (SSSR count).